The third kappa shape index (κ3) is 37.6. The predicted octanol–water partition coefficient (Wildman–Crippen LogP) is 1.18. The molecule has 6 rings (SSSR count). The molecule has 4 atom stereocenters. The van der Waals surface area contributed by atoms with Crippen molar-refractivity contribution in [3.8, 4) is 11.4 Å². The number of nitrogens with one attached hydrogen (secondary N) is 10. The van der Waals surface area contributed by atoms with Crippen LogP contribution in [0.4, 0.5) is 9.59 Å². The van der Waals surface area contributed by atoms with Crippen LogP contribution >= 0.6 is 0 Å². The number of amides is 11. The molecule has 1 fully saturated rings. The molecule has 0 radical (unpaired) electrons. The molecule has 2 aromatic heterocycles. The zero-order valence-electron chi connectivity index (χ0n) is 76.5. The fourth-order valence-electron chi connectivity index (χ4n) is 13.9. The van der Waals surface area contributed by atoms with Gasteiger partial charge in [-0.15, -0.1) is 0 Å². The average molecular weight is 1790 g/mol. The lowest BCUT2D eigenvalue weighted by Gasteiger charge is -2.37. The minimum absolute atomic E-state index is 0.00307. The van der Waals surface area contributed by atoms with Crippen molar-refractivity contribution in [2.24, 2.45) is 5.92 Å². The van der Waals surface area contributed by atoms with Gasteiger partial charge in [0.15, 0.2) is 0 Å². The lowest BCUT2D eigenvalue weighted by molar-refractivity contribution is -0.191. The molecule has 127 heavy (non-hydrogen) atoms. The number of ether oxygens (including phenoxy) is 10. The Kier molecular flexibility index (Phi) is 45.7. The number of likely N-dealkylation sites (N-methyl/N-ethyl adjacent to an activating group) is 3. The van der Waals surface area contributed by atoms with E-state index >= 15 is 0 Å². The molecule has 1 saturated heterocycles. The maximum atomic E-state index is 14.5. The van der Waals surface area contributed by atoms with Crippen LogP contribution in [0.2, 0.25) is 0 Å². The number of cyclic esters (lactones) is 1. The fourth-order valence-corrected chi connectivity index (χ4v) is 13.9. The zero-order valence-corrected chi connectivity index (χ0v) is 76.5. The third-order valence-electron chi connectivity index (χ3n) is 20.7. The largest absolute Gasteiger partial charge is 0.457 e. The number of esters is 2. The van der Waals surface area contributed by atoms with E-state index in [2.05, 4.69) is 58.1 Å². The number of pyridine rings is 2. The highest BCUT2D eigenvalue weighted by molar-refractivity contribution is 5.95. The first-order valence-electron chi connectivity index (χ1n) is 44.1. The maximum Gasteiger partial charge on any atom is 0.407 e. The standard InChI is InChI=1S/C87H138N16O24/c1-14-60-61-20-16-17-21-65(61)97-77-62(60)56-103-68(77)54-64-63(80(103)113)58-124-82(115)87(64,15-2)125-81(114)76(59(3)4)98-79(112)67-22-19-36-102(67)75(110)55-95-74(109)57-101(13)41-40-100(12)39-38-99(11)37-33-91-69(104)23-18-24-73(108)96-66(78(111)92-32-31-90-72(107)28-43-119-47-51-123-53-49-121-45-35-94-84(117)127-86(8,9)10)25-26-70(105)88-29-30-89-71(106)27-42-118-46-50-122-52-48-120-44-34-93-83(116)126-85(5,6)7/h16-17,20-21,54,59,66-67,76H,14-15,18-19,22-53,55-58H2,1-13H3,(H,88,105)(H,89,106)(H,90,107)(H,91,104)(H,92,111)(H,93,116)(H,94,117)(H,95,109)(H,96,108)(H,98,112)/t66-,67-,76-,87-/m0/s1. The Bertz CT molecular complexity index is 4170. The smallest absolute Gasteiger partial charge is 0.407 e. The summed E-state index contributed by atoms with van der Waals surface area (Å²) in [5, 5.41) is 28.0. The van der Waals surface area contributed by atoms with Gasteiger partial charge in [-0.2, -0.15) is 0 Å². The fraction of sp³-hybridized carbons (Fsp3) is 0.690. The van der Waals surface area contributed by atoms with Gasteiger partial charge in [0, 0.05) is 134 Å². The Hall–Kier alpha value is -10.1. The van der Waals surface area contributed by atoms with E-state index in [0.717, 1.165) is 22.0 Å². The number of alkyl carbamates (subject to hydrolysis) is 2. The number of para-hydroxylation sites is 1. The molecule has 0 aliphatic carbocycles. The van der Waals surface area contributed by atoms with Crippen LogP contribution in [0.5, 0.6) is 0 Å². The van der Waals surface area contributed by atoms with Gasteiger partial charge in [-0.05, 0) is 125 Å². The summed E-state index contributed by atoms with van der Waals surface area (Å²) in [5.74, 6) is -6.31. The highest BCUT2D eigenvalue weighted by Crippen LogP contribution is 2.43. The second-order valence-electron chi connectivity index (χ2n) is 33.6. The third-order valence-corrected chi connectivity index (χ3v) is 20.7. The van der Waals surface area contributed by atoms with Crippen LogP contribution in [-0.2, 0) is 125 Å². The van der Waals surface area contributed by atoms with E-state index in [1.165, 1.54) is 4.90 Å². The summed E-state index contributed by atoms with van der Waals surface area (Å²) in [6, 6.07) is 6.06. The molecule has 3 aromatic rings. The molecule has 0 saturated carbocycles. The van der Waals surface area contributed by atoms with Crippen molar-refractivity contribution < 1.29 is 110 Å². The molecule has 710 valence electrons. The topological polar surface area (TPSA) is 482 Å². The molecule has 0 unspecified atom stereocenters. The van der Waals surface area contributed by atoms with Gasteiger partial charge in [0.05, 0.1) is 121 Å². The van der Waals surface area contributed by atoms with Crippen molar-refractivity contribution in [2.45, 2.75) is 188 Å². The van der Waals surface area contributed by atoms with Crippen LogP contribution in [0.3, 0.4) is 0 Å². The lowest BCUT2D eigenvalue weighted by atomic mass is 9.85. The number of carbonyl (C=O) groups excluding carboxylic acids is 13. The first kappa shape index (κ1) is 106. The van der Waals surface area contributed by atoms with Crippen LogP contribution in [-0.4, -0.2) is 334 Å². The van der Waals surface area contributed by atoms with Crippen LogP contribution in [0.15, 0.2) is 35.1 Å². The number of carbonyl (C=O) groups is 13. The first-order valence-corrected chi connectivity index (χ1v) is 44.1. The summed E-state index contributed by atoms with van der Waals surface area (Å²) in [6.07, 6.45) is 0.238. The summed E-state index contributed by atoms with van der Waals surface area (Å²) in [6.45, 7) is 24.7. The second kappa shape index (κ2) is 55.0. The molecule has 3 aliphatic rings. The number of aryl methyl sites for hydroxylation is 1. The Morgan fingerprint density at radius 1 is 0.567 bits per heavy atom. The van der Waals surface area contributed by atoms with E-state index in [0.29, 0.717) is 96.3 Å². The lowest BCUT2D eigenvalue weighted by Crippen LogP contribution is -2.56. The van der Waals surface area contributed by atoms with Gasteiger partial charge in [0.2, 0.25) is 58.8 Å². The molecule has 3 aliphatic heterocycles. The first-order chi connectivity index (χ1) is 60.5. The number of likely N-dealkylation sites (tertiary alicyclic amines) is 1. The number of fused-ring (bicyclic) bond motifs is 5. The van der Waals surface area contributed by atoms with Gasteiger partial charge >= 0.3 is 24.1 Å². The van der Waals surface area contributed by atoms with Gasteiger partial charge in [-0.25, -0.2) is 24.2 Å². The van der Waals surface area contributed by atoms with Crippen LogP contribution in [0.25, 0.3) is 22.3 Å². The SMILES string of the molecule is CCc1c2c(nc3ccccc13)-c1cc3c(c(=O)n1C2)COC(=O)[C@@]3(CC)OC(=O)[C@@H](NC(=O)[C@@H]1CCCN1C(=O)CNC(=O)CN(C)CCN(C)CCN(C)CCNC(=O)CCCC(=O)N[C@@H](CCC(=O)NCCNC(=O)CCOCCOCCOCCNC(=O)OC(C)(C)C)C(=O)NCCNC(=O)CCOCCOCCOCCNC(=O)OC(C)(C)C)C(C)C. The van der Waals surface area contributed by atoms with Gasteiger partial charge < -0.3 is 120 Å². The van der Waals surface area contributed by atoms with Crippen molar-refractivity contribution in [3.05, 3.63) is 62.9 Å². The van der Waals surface area contributed by atoms with Crippen molar-refractivity contribution in [3.63, 3.8) is 0 Å². The predicted molar refractivity (Wildman–Crippen MR) is 467 cm³/mol. The highest BCUT2D eigenvalue weighted by Gasteiger charge is 2.52. The molecular weight excluding hydrogens is 1650 g/mol. The quantitative estimate of drug-likeness (QED) is 0.0169. The second-order valence-corrected chi connectivity index (χ2v) is 33.6. The van der Waals surface area contributed by atoms with Gasteiger partial charge in [-0.1, -0.05) is 45.9 Å². The molecule has 0 bridgehead atoms. The Balaban J connectivity index is 0.844. The van der Waals surface area contributed by atoms with Crippen LogP contribution < -0.4 is 58.7 Å². The molecule has 40 nitrogen and oxygen atoms in total. The number of aromatic nitrogens is 2. The van der Waals surface area contributed by atoms with E-state index in [9.17, 15) is 67.1 Å². The summed E-state index contributed by atoms with van der Waals surface area (Å²) in [5.41, 5.74) is 0.576. The molecule has 0 spiro atoms. The molecular formula is C87H138N16O24. The summed E-state index contributed by atoms with van der Waals surface area (Å²) < 4.78 is 56.5. The number of benzene rings is 1. The minimum Gasteiger partial charge on any atom is -0.457 e. The van der Waals surface area contributed by atoms with Crippen LogP contribution in [0.1, 0.15) is 156 Å². The van der Waals surface area contributed by atoms with Crippen molar-refractivity contribution >= 4 is 88.2 Å². The molecule has 1 aromatic carbocycles. The molecule has 10 N–H and O–H groups in total. The van der Waals surface area contributed by atoms with Crippen molar-refractivity contribution in [2.75, 3.05) is 199 Å². The van der Waals surface area contributed by atoms with Gasteiger partial charge in [0.25, 0.3) is 5.56 Å². The Labute approximate surface area is 743 Å². The zero-order chi connectivity index (χ0) is 93.1. The maximum absolute atomic E-state index is 14.5. The summed E-state index contributed by atoms with van der Waals surface area (Å²) >= 11 is 0. The average Bonchev–Trinajstić information content (AvgIpc) is 1.62. The normalized spacial score (nSPS) is 15.2. The highest BCUT2D eigenvalue weighted by atomic mass is 16.6. The van der Waals surface area contributed by atoms with E-state index in [1.807, 2.05) is 55.1 Å². The Morgan fingerprint density at radius 2 is 1.08 bits per heavy atom. The summed E-state index contributed by atoms with van der Waals surface area (Å²) in [4.78, 5) is 197. The van der Waals surface area contributed by atoms with Crippen LogP contribution in [0, 0.1) is 5.92 Å². The Morgan fingerprint density at radius 3 is 1.64 bits per heavy atom. The molecule has 5 heterocycles. The minimum atomic E-state index is -2.03. The number of rotatable bonds is 59. The van der Waals surface area contributed by atoms with E-state index in [1.54, 1.807) is 80.0 Å². The number of nitrogens with zero attached hydrogens (tertiary/aromatic N) is 6. The number of hydrogen-bond acceptors (Lipinski definition) is 28. The summed E-state index contributed by atoms with van der Waals surface area (Å²) in [7, 11) is 5.63. The van der Waals surface area contributed by atoms with E-state index in [4.69, 9.17) is 52.4 Å². The van der Waals surface area contributed by atoms with Gasteiger partial charge in [0.1, 0.15) is 35.9 Å². The molecule has 11 amide bonds. The van der Waals surface area contributed by atoms with Crippen molar-refractivity contribution in [1.82, 2.24) is 82.3 Å². The molecule has 40 heteroatoms. The van der Waals surface area contributed by atoms with E-state index < -0.39 is 106 Å². The monoisotopic (exact) mass is 1790 g/mol. The van der Waals surface area contributed by atoms with Crippen molar-refractivity contribution in [1.29, 1.82) is 0 Å². The number of hydrogen-bond donors (Lipinski definition) is 10. The van der Waals surface area contributed by atoms with Gasteiger partial charge in [-0.3, -0.25) is 52.8 Å². The van der Waals surface area contributed by atoms with E-state index in [-0.39, 0.29) is 205 Å².